The lowest BCUT2D eigenvalue weighted by Crippen LogP contribution is -2.16. The molecule has 30 heavy (non-hydrogen) atoms. The van der Waals surface area contributed by atoms with E-state index in [1.807, 2.05) is 13.8 Å². The average molecular weight is 449 g/mol. The third-order valence-corrected chi connectivity index (χ3v) is 7.91. The predicted molar refractivity (Wildman–Crippen MR) is 114 cm³/mol. The van der Waals surface area contributed by atoms with Crippen molar-refractivity contribution in [1.29, 1.82) is 0 Å². The number of nitrogens with one attached hydrogen (secondary N) is 1. The molecule has 4 N–H and O–H groups in total. The van der Waals surface area contributed by atoms with Gasteiger partial charge in [-0.2, -0.15) is 0 Å². The normalized spacial score (nSPS) is 12.7. The Bertz CT molecular complexity index is 1190. The van der Waals surface area contributed by atoms with Crippen LogP contribution in [-0.2, 0) is 9.84 Å². The van der Waals surface area contributed by atoms with Crippen LogP contribution in [0.4, 0.5) is 9.39 Å². The zero-order valence-corrected chi connectivity index (χ0v) is 17.9. The van der Waals surface area contributed by atoms with E-state index in [0.717, 1.165) is 11.3 Å². The summed E-state index contributed by atoms with van der Waals surface area (Å²) in [7, 11) is -3.94. The number of rotatable bonds is 7. The van der Waals surface area contributed by atoms with Gasteiger partial charge in [0, 0.05) is 5.56 Å². The highest BCUT2D eigenvalue weighted by atomic mass is 32.2. The number of carbonyl (C=O) groups excluding carboxylic acids is 1. The molecule has 0 saturated carbocycles. The van der Waals surface area contributed by atoms with Gasteiger partial charge in [-0.3, -0.25) is 4.79 Å². The molecule has 0 spiro atoms. The fourth-order valence-electron chi connectivity index (χ4n) is 3.00. The number of primary amides is 1. The molecule has 2 aromatic carbocycles. The second-order valence-electron chi connectivity index (χ2n) is 6.94. The van der Waals surface area contributed by atoms with Crippen molar-refractivity contribution in [2.24, 2.45) is 5.73 Å². The van der Waals surface area contributed by atoms with Crippen molar-refractivity contribution in [2.45, 2.75) is 35.1 Å². The second kappa shape index (κ2) is 8.55. The lowest BCUT2D eigenvalue weighted by molar-refractivity contribution is 0.100. The number of hydrogen-bond donors (Lipinski definition) is 3. The highest BCUT2D eigenvalue weighted by molar-refractivity contribution is 7.93. The molecule has 9 heteroatoms. The van der Waals surface area contributed by atoms with Gasteiger partial charge in [0.25, 0.3) is 5.91 Å². The van der Waals surface area contributed by atoms with Crippen molar-refractivity contribution in [3.63, 3.8) is 0 Å². The molecule has 6 nitrogen and oxygen atoms in total. The molecule has 1 amide bonds. The van der Waals surface area contributed by atoms with Gasteiger partial charge in [0.2, 0.25) is 9.84 Å². The molecule has 0 aliphatic carbocycles. The second-order valence-corrected chi connectivity index (χ2v) is 10.1. The maximum Gasteiger partial charge on any atom is 0.251 e. The van der Waals surface area contributed by atoms with Gasteiger partial charge in [-0.15, -0.1) is 11.3 Å². The molecular weight excluding hydrogens is 427 g/mol. The van der Waals surface area contributed by atoms with Gasteiger partial charge in [-0.25, -0.2) is 12.8 Å². The first-order chi connectivity index (χ1) is 14.1. The van der Waals surface area contributed by atoms with Crippen LogP contribution in [0.25, 0.3) is 0 Å². The summed E-state index contributed by atoms with van der Waals surface area (Å²) in [4.78, 5) is 12.0. The van der Waals surface area contributed by atoms with Crippen molar-refractivity contribution < 1.29 is 22.7 Å². The number of amides is 1. The number of aliphatic hydroxyl groups is 1. The van der Waals surface area contributed by atoms with Crippen molar-refractivity contribution in [3.8, 4) is 0 Å². The Labute approximate surface area is 178 Å². The Morgan fingerprint density at radius 1 is 1.10 bits per heavy atom. The summed E-state index contributed by atoms with van der Waals surface area (Å²) in [6.45, 7) is 3.77. The monoisotopic (exact) mass is 448 g/mol. The lowest BCUT2D eigenvalue weighted by atomic mass is 10.0. The summed E-state index contributed by atoms with van der Waals surface area (Å²) < 4.78 is 40.4. The highest BCUT2D eigenvalue weighted by Crippen LogP contribution is 2.38. The molecule has 0 aliphatic rings. The molecule has 0 saturated heterocycles. The molecule has 1 atom stereocenters. The highest BCUT2D eigenvalue weighted by Gasteiger charge is 2.28. The third-order valence-electron chi connectivity index (χ3n) is 4.54. The Balaban J connectivity index is 2.05. The summed E-state index contributed by atoms with van der Waals surface area (Å²) in [6.07, 6.45) is -1.50. The SMILES string of the molecule is CC(C)c1ccccc1S(=O)(=O)c1cc(C(N)=O)c(NC(O)c2ccccc2F)s1. The number of sulfone groups is 1. The Kier molecular flexibility index (Phi) is 6.25. The van der Waals surface area contributed by atoms with Crippen LogP contribution in [0.2, 0.25) is 0 Å². The van der Waals surface area contributed by atoms with Gasteiger partial charge in [0.05, 0.1) is 10.5 Å². The largest absolute Gasteiger partial charge is 0.369 e. The summed E-state index contributed by atoms with van der Waals surface area (Å²) in [6, 6.07) is 13.4. The molecule has 1 heterocycles. The van der Waals surface area contributed by atoms with E-state index in [9.17, 15) is 22.7 Å². The van der Waals surface area contributed by atoms with Gasteiger partial charge in [0.1, 0.15) is 15.0 Å². The van der Waals surface area contributed by atoms with Crippen LogP contribution >= 0.6 is 11.3 Å². The first kappa shape index (κ1) is 21.9. The minimum absolute atomic E-state index is 0.0352. The lowest BCUT2D eigenvalue weighted by Gasteiger charge is -2.14. The van der Waals surface area contributed by atoms with Gasteiger partial charge in [-0.1, -0.05) is 50.2 Å². The fourth-order valence-corrected chi connectivity index (χ4v) is 6.14. The van der Waals surface area contributed by atoms with E-state index in [0.29, 0.717) is 5.56 Å². The smallest absolute Gasteiger partial charge is 0.251 e. The van der Waals surface area contributed by atoms with E-state index in [1.165, 1.54) is 30.3 Å². The zero-order chi connectivity index (χ0) is 22.1. The number of nitrogens with two attached hydrogens (primary N) is 1. The molecular formula is C21H21FN2O4S2. The number of benzene rings is 2. The summed E-state index contributed by atoms with van der Waals surface area (Å²) >= 11 is 0.757. The topological polar surface area (TPSA) is 109 Å². The van der Waals surface area contributed by atoms with Crippen LogP contribution in [0.1, 0.15) is 47.5 Å². The van der Waals surface area contributed by atoms with Crippen LogP contribution in [0, 0.1) is 5.82 Å². The van der Waals surface area contributed by atoms with Crippen molar-refractivity contribution in [3.05, 3.63) is 77.1 Å². The van der Waals surface area contributed by atoms with Crippen LogP contribution < -0.4 is 11.1 Å². The van der Waals surface area contributed by atoms with E-state index in [4.69, 9.17) is 5.73 Å². The van der Waals surface area contributed by atoms with E-state index < -0.39 is 27.8 Å². The zero-order valence-electron chi connectivity index (χ0n) is 16.3. The third kappa shape index (κ3) is 4.23. The first-order valence-corrected chi connectivity index (χ1v) is 11.4. The maximum absolute atomic E-state index is 14.0. The molecule has 0 fully saturated rings. The van der Waals surface area contributed by atoms with Gasteiger partial charge < -0.3 is 16.2 Å². The standard InChI is InChI=1S/C21H21FN2O4S2/c1-12(2)13-7-4-6-10-17(13)30(27,28)18-11-15(19(23)25)21(29-18)24-20(26)14-8-3-5-9-16(14)22/h3-12,20,24,26H,1-2H3,(H2,23,25). The Morgan fingerprint density at radius 2 is 1.70 bits per heavy atom. The summed E-state index contributed by atoms with van der Waals surface area (Å²) in [5, 5.41) is 13.0. The number of halogens is 1. The fraction of sp³-hybridized carbons (Fsp3) is 0.190. The molecule has 158 valence electrons. The maximum atomic E-state index is 14.0. The van der Waals surface area contributed by atoms with E-state index in [1.54, 1.807) is 24.3 Å². The molecule has 3 aromatic rings. The van der Waals surface area contributed by atoms with Crippen LogP contribution in [0.5, 0.6) is 0 Å². The molecule has 1 unspecified atom stereocenters. The quantitative estimate of drug-likeness (QED) is 0.473. The minimum atomic E-state index is -3.94. The van der Waals surface area contributed by atoms with Crippen LogP contribution in [-0.4, -0.2) is 19.4 Å². The van der Waals surface area contributed by atoms with Crippen molar-refractivity contribution in [2.75, 3.05) is 5.32 Å². The van der Waals surface area contributed by atoms with Gasteiger partial charge in [0.15, 0.2) is 6.23 Å². The van der Waals surface area contributed by atoms with Crippen LogP contribution in [0.15, 0.2) is 63.7 Å². The number of thiophene rings is 1. The summed E-state index contributed by atoms with van der Waals surface area (Å²) in [5.41, 5.74) is 5.91. The number of carbonyl (C=O) groups is 1. The van der Waals surface area contributed by atoms with Crippen molar-refractivity contribution >= 4 is 32.1 Å². The minimum Gasteiger partial charge on any atom is -0.369 e. The van der Waals surface area contributed by atoms with Gasteiger partial charge >= 0.3 is 0 Å². The van der Waals surface area contributed by atoms with E-state index >= 15 is 0 Å². The average Bonchev–Trinajstić information content (AvgIpc) is 3.13. The first-order valence-electron chi connectivity index (χ1n) is 9.09. The molecule has 0 aliphatic heterocycles. The predicted octanol–water partition coefficient (Wildman–Crippen LogP) is 4.05. The van der Waals surface area contributed by atoms with E-state index in [-0.39, 0.29) is 31.2 Å². The number of hydrogen-bond acceptors (Lipinski definition) is 6. The molecule has 1 aromatic heterocycles. The molecule has 0 radical (unpaired) electrons. The molecule has 3 rings (SSSR count). The van der Waals surface area contributed by atoms with E-state index in [2.05, 4.69) is 5.32 Å². The van der Waals surface area contributed by atoms with Crippen LogP contribution in [0.3, 0.4) is 0 Å². The Hall–Kier alpha value is -2.75. The number of aliphatic hydroxyl groups excluding tert-OH is 1. The Morgan fingerprint density at radius 3 is 2.30 bits per heavy atom. The number of anilines is 1. The summed E-state index contributed by atoms with van der Waals surface area (Å²) in [5.74, 6) is -1.55. The van der Waals surface area contributed by atoms with Gasteiger partial charge in [-0.05, 0) is 29.7 Å². The van der Waals surface area contributed by atoms with Crippen molar-refractivity contribution in [1.82, 2.24) is 0 Å². The molecule has 0 bridgehead atoms.